The fraction of sp³-hybridized carbons (Fsp3) is 0.281. The second-order valence-corrected chi connectivity index (χ2v) is 9.67. The molecule has 0 unspecified atom stereocenters. The van der Waals surface area contributed by atoms with Crippen molar-refractivity contribution in [2.75, 3.05) is 0 Å². The van der Waals surface area contributed by atoms with Crippen LogP contribution >= 0.6 is 0 Å². The molecule has 0 saturated heterocycles. The van der Waals surface area contributed by atoms with Crippen molar-refractivity contribution < 1.29 is 14.3 Å². The molecular weight excluding hydrogens is 474 g/mol. The monoisotopic (exact) mass is 507 g/mol. The van der Waals surface area contributed by atoms with E-state index in [4.69, 9.17) is 14.4 Å². The number of carboxylic acids is 1. The minimum atomic E-state index is -0.923. The van der Waals surface area contributed by atoms with Crippen LogP contribution in [-0.4, -0.2) is 25.6 Å². The van der Waals surface area contributed by atoms with Gasteiger partial charge in [0.2, 0.25) is 5.89 Å². The van der Waals surface area contributed by atoms with E-state index in [1.54, 1.807) is 12.1 Å². The molecule has 0 bridgehead atoms. The summed E-state index contributed by atoms with van der Waals surface area (Å²) >= 11 is 0. The van der Waals surface area contributed by atoms with E-state index in [9.17, 15) is 9.90 Å². The van der Waals surface area contributed by atoms with Gasteiger partial charge < -0.3 is 14.1 Å². The molecular formula is C32H33N3O3. The number of carboxylic acid groups (broad SMARTS) is 1. The van der Waals surface area contributed by atoms with Crippen LogP contribution < -0.4 is 0 Å². The Morgan fingerprint density at radius 1 is 0.947 bits per heavy atom. The number of aryl methyl sites for hydroxylation is 4. The zero-order chi connectivity index (χ0) is 26.8. The van der Waals surface area contributed by atoms with Crippen molar-refractivity contribution in [3.63, 3.8) is 0 Å². The van der Waals surface area contributed by atoms with Crippen LogP contribution in [0.3, 0.4) is 0 Å². The molecule has 38 heavy (non-hydrogen) atoms. The summed E-state index contributed by atoms with van der Waals surface area (Å²) in [7, 11) is 0. The van der Waals surface area contributed by atoms with E-state index in [-0.39, 0.29) is 0 Å². The molecule has 5 rings (SSSR count). The Hall–Kier alpha value is -4.19. The second kappa shape index (κ2) is 10.7. The summed E-state index contributed by atoms with van der Waals surface area (Å²) in [6.45, 7) is 9.13. The van der Waals surface area contributed by atoms with Gasteiger partial charge in [-0.1, -0.05) is 63.2 Å². The van der Waals surface area contributed by atoms with Crippen molar-refractivity contribution in [2.24, 2.45) is 0 Å². The highest BCUT2D eigenvalue weighted by molar-refractivity contribution is 5.96. The SMILES string of the molecule is CCCc1nc2c(C)cc(-c3nc(CC)c(CC)o3)cc2n1Cc1ccc(-c2ccccc2C(=O)O)cc1. The molecule has 2 heterocycles. The van der Waals surface area contributed by atoms with Gasteiger partial charge in [0.05, 0.1) is 22.3 Å². The third-order valence-corrected chi connectivity index (χ3v) is 7.04. The zero-order valence-electron chi connectivity index (χ0n) is 22.4. The van der Waals surface area contributed by atoms with E-state index in [1.165, 1.54) is 0 Å². The molecule has 0 saturated carbocycles. The predicted octanol–water partition coefficient (Wildman–Crippen LogP) is 7.49. The maximum Gasteiger partial charge on any atom is 0.336 e. The number of imidazole rings is 1. The number of hydrogen-bond donors (Lipinski definition) is 1. The molecule has 1 N–H and O–H groups in total. The van der Waals surface area contributed by atoms with Gasteiger partial charge in [0.15, 0.2) is 0 Å². The van der Waals surface area contributed by atoms with E-state index < -0.39 is 5.97 Å². The first-order chi connectivity index (χ1) is 18.4. The normalized spacial score (nSPS) is 11.4. The van der Waals surface area contributed by atoms with Gasteiger partial charge in [0.1, 0.15) is 11.6 Å². The Kier molecular flexibility index (Phi) is 7.14. The van der Waals surface area contributed by atoms with Crippen LogP contribution in [0.4, 0.5) is 0 Å². The number of aromatic nitrogens is 3. The van der Waals surface area contributed by atoms with E-state index in [0.29, 0.717) is 18.0 Å². The maximum atomic E-state index is 11.7. The number of fused-ring (bicyclic) bond motifs is 1. The molecule has 2 aromatic heterocycles. The average Bonchev–Trinajstić information content (AvgIpc) is 3.51. The second-order valence-electron chi connectivity index (χ2n) is 9.67. The lowest BCUT2D eigenvalue weighted by molar-refractivity contribution is 0.0697. The smallest absolute Gasteiger partial charge is 0.336 e. The van der Waals surface area contributed by atoms with Crippen LogP contribution in [0.2, 0.25) is 0 Å². The minimum Gasteiger partial charge on any atom is -0.478 e. The van der Waals surface area contributed by atoms with Crippen molar-refractivity contribution in [3.8, 4) is 22.6 Å². The number of rotatable bonds is 9. The van der Waals surface area contributed by atoms with Gasteiger partial charge in [-0.05, 0) is 60.2 Å². The van der Waals surface area contributed by atoms with Gasteiger partial charge in [-0.3, -0.25) is 0 Å². The summed E-state index contributed by atoms with van der Waals surface area (Å²) in [5.41, 5.74) is 8.19. The van der Waals surface area contributed by atoms with Crippen molar-refractivity contribution in [1.29, 1.82) is 0 Å². The summed E-state index contributed by atoms with van der Waals surface area (Å²) < 4.78 is 8.45. The lowest BCUT2D eigenvalue weighted by Crippen LogP contribution is -2.05. The Labute approximate surface area is 223 Å². The van der Waals surface area contributed by atoms with Crippen LogP contribution in [0, 0.1) is 6.92 Å². The highest BCUT2D eigenvalue weighted by Crippen LogP contribution is 2.31. The molecule has 0 radical (unpaired) electrons. The molecule has 0 aliphatic carbocycles. The zero-order valence-corrected chi connectivity index (χ0v) is 22.4. The molecule has 6 heteroatoms. The molecule has 5 aromatic rings. The largest absolute Gasteiger partial charge is 0.478 e. The number of hydrogen-bond acceptors (Lipinski definition) is 4. The first-order valence-corrected chi connectivity index (χ1v) is 13.3. The molecule has 194 valence electrons. The van der Waals surface area contributed by atoms with Crippen LogP contribution in [0.15, 0.2) is 65.1 Å². The predicted molar refractivity (Wildman–Crippen MR) is 151 cm³/mol. The highest BCUT2D eigenvalue weighted by Gasteiger charge is 2.18. The Balaban J connectivity index is 1.55. The van der Waals surface area contributed by atoms with Crippen molar-refractivity contribution in [3.05, 3.63) is 94.6 Å². The molecule has 0 amide bonds. The first-order valence-electron chi connectivity index (χ1n) is 13.3. The van der Waals surface area contributed by atoms with Crippen LogP contribution in [0.1, 0.15) is 66.0 Å². The van der Waals surface area contributed by atoms with Gasteiger partial charge in [-0.15, -0.1) is 0 Å². The van der Waals surface area contributed by atoms with E-state index in [2.05, 4.69) is 56.5 Å². The maximum absolute atomic E-state index is 11.7. The summed E-state index contributed by atoms with van der Waals surface area (Å²) in [6.07, 6.45) is 3.55. The van der Waals surface area contributed by atoms with Gasteiger partial charge in [-0.2, -0.15) is 0 Å². The Morgan fingerprint density at radius 3 is 2.37 bits per heavy atom. The highest BCUT2D eigenvalue weighted by atomic mass is 16.4. The van der Waals surface area contributed by atoms with Gasteiger partial charge in [0, 0.05) is 24.9 Å². The van der Waals surface area contributed by atoms with E-state index in [1.807, 2.05) is 24.3 Å². The number of aromatic carboxylic acids is 1. The molecule has 0 spiro atoms. The number of carbonyl (C=O) groups is 1. The molecule has 6 nitrogen and oxygen atoms in total. The molecule has 0 atom stereocenters. The quantitative estimate of drug-likeness (QED) is 0.223. The van der Waals surface area contributed by atoms with Gasteiger partial charge in [0.25, 0.3) is 0 Å². The van der Waals surface area contributed by atoms with Crippen LogP contribution in [0.5, 0.6) is 0 Å². The van der Waals surface area contributed by atoms with Crippen molar-refractivity contribution in [1.82, 2.24) is 14.5 Å². The van der Waals surface area contributed by atoms with E-state index in [0.717, 1.165) is 81.8 Å². The summed E-state index contributed by atoms with van der Waals surface area (Å²) in [6, 6.07) is 19.5. The van der Waals surface area contributed by atoms with Crippen LogP contribution in [0.25, 0.3) is 33.6 Å². The fourth-order valence-corrected chi connectivity index (χ4v) is 5.11. The number of oxazole rings is 1. The van der Waals surface area contributed by atoms with Gasteiger partial charge in [-0.25, -0.2) is 14.8 Å². The van der Waals surface area contributed by atoms with Crippen LogP contribution in [-0.2, 0) is 25.8 Å². The summed E-state index contributed by atoms with van der Waals surface area (Å²) in [5, 5.41) is 9.58. The Morgan fingerprint density at radius 2 is 1.71 bits per heavy atom. The lowest BCUT2D eigenvalue weighted by Gasteiger charge is -2.11. The van der Waals surface area contributed by atoms with E-state index >= 15 is 0 Å². The third kappa shape index (κ3) is 4.74. The molecule has 3 aromatic carbocycles. The summed E-state index contributed by atoms with van der Waals surface area (Å²) in [5.74, 6) is 1.74. The molecule has 0 aliphatic rings. The van der Waals surface area contributed by atoms with Crippen molar-refractivity contribution >= 4 is 17.0 Å². The lowest BCUT2D eigenvalue weighted by atomic mass is 9.98. The fourth-order valence-electron chi connectivity index (χ4n) is 5.11. The number of nitrogens with zero attached hydrogens (tertiary/aromatic N) is 3. The minimum absolute atomic E-state index is 0.304. The Bertz CT molecular complexity index is 1590. The topological polar surface area (TPSA) is 81.2 Å². The standard InChI is InChI=1S/C32H33N3O3/c1-5-10-29-34-30-20(4)17-23(31-33-26(6-2)28(7-3)38-31)18-27(30)35(29)19-21-13-15-22(16-14-21)24-11-8-9-12-25(24)32(36)37/h8-9,11-18H,5-7,10,19H2,1-4H3,(H,36,37). The third-order valence-electron chi connectivity index (χ3n) is 7.04. The molecule has 0 fully saturated rings. The van der Waals surface area contributed by atoms with Gasteiger partial charge >= 0.3 is 5.97 Å². The average molecular weight is 508 g/mol. The summed E-state index contributed by atoms with van der Waals surface area (Å²) in [4.78, 5) is 21.5. The number of benzene rings is 3. The molecule has 0 aliphatic heterocycles. The first kappa shape index (κ1) is 25.5. The van der Waals surface area contributed by atoms with Crippen molar-refractivity contribution in [2.45, 2.75) is 59.9 Å².